The molecule has 1 aromatic rings. The molecule has 0 bridgehead atoms. The predicted octanol–water partition coefficient (Wildman–Crippen LogP) is 2.08. The minimum Gasteiger partial charge on any atom is -0.478 e. The van der Waals surface area contributed by atoms with Gasteiger partial charge in [0.15, 0.2) is 0 Å². The van der Waals surface area contributed by atoms with Crippen LogP contribution in [0.25, 0.3) is 0 Å². The van der Waals surface area contributed by atoms with Crippen LogP contribution < -0.4 is 0 Å². The second-order valence-corrected chi connectivity index (χ2v) is 3.76. The molecule has 76 valence electrons. The largest absolute Gasteiger partial charge is 0.478 e. The molecule has 1 aliphatic rings. The predicted molar refractivity (Wildman–Crippen MR) is 53.7 cm³/mol. The van der Waals surface area contributed by atoms with Gasteiger partial charge in [0.1, 0.15) is 0 Å². The Morgan fingerprint density at radius 3 is 3.00 bits per heavy atom. The molecule has 1 aromatic heterocycles. The van der Waals surface area contributed by atoms with Crippen LogP contribution in [0.4, 0.5) is 0 Å². The van der Waals surface area contributed by atoms with Crippen LogP contribution in [0.1, 0.15) is 41.5 Å². The Kier molecular flexibility index (Phi) is 2.32. The summed E-state index contributed by atoms with van der Waals surface area (Å²) in [6.45, 7) is 3.06. The van der Waals surface area contributed by atoms with E-state index < -0.39 is 5.97 Å². The average Bonchev–Trinajstić information content (AvgIpc) is 2.56. The molecule has 0 saturated carbocycles. The van der Waals surface area contributed by atoms with Gasteiger partial charge in [0.2, 0.25) is 0 Å². The van der Waals surface area contributed by atoms with Crippen molar-refractivity contribution in [2.45, 2.75) is 39.2 Å². The SMILES string of the molecule is CCc1cc(C(=O)O)c2n1CCCC2. The molecule has 2 heterocycles. The smallest absolute Gasteiger partial charge is 0.337 e. The maximum Gasteiger partial charge on any atom is 0.337 e. The lowest BCUT2D eigenvalue weighted by molar-refractivity contribution is 0.0695. The molecule has 0 saturated heterocycles. The van der Waals surface area contributed by atoms with Crippen molar-refractivity contribution < 1.29 is 9.90 Å². The first kappa shape index (κ1) is 9.31. The Morgan fingerprint density at radius 2 is 2.36 bits per heavy atom. The number of carboxylic acids is 1. The van der Waals surface area contributed by atoms with E-state index in [1.165, 1.54) is 6.42 Å². The summed E-state index contributed by atoms with van der Waals surface area (Å²) < 4.78 is 2.19. The molecule has 0 spiro atoms. The monoisotopic (exact) mass is 193 g/mol. The highest BCUT2D eigenvalue weighted by molar-refractivity contribution is 5.89. The van der Waals surface area contributed by atoms with E-state index in [2.05, 4.69) is 11.5 Å². The van der Waals surface area contributed by atoms with Crippen molar-refractivity contribution in [1.29, 1.82) is 0 Å². The van der Waals surface area contributed by atoms with E-state index in [1.54, 1.807) is 0 Å². The first-order chi connectivity index (χ1) is 6.74. The molecule has 0 fully saturated rings. The maximum absolute atomic E-state index is 11.0. The van der Waals surface area contributed by atoms with Gasteiger partial charge in [0.05, 0.1) is 5.56 Å². The summed E-state index contributed by atoms with van der Waals surface area (Å²) in [5, 5.41) is 9.04. The third-order valence-electron chi connectivity index (χ3n) is 2.93. The molecular weight excluding hydrogens is 178 g/mol. The van der Waals surface area contributed by atoms with Crippen molar-refractivity contribution in [3.05, 3.63) is 23.0 Å². The molecular formula is C11H15NO2. The van der Waals surface area contributed by atoms with E-state index in [0.717, 1.165) is 37.2 Å². The van der Waals surface area contributed by atoms with Crippen molar-refractivity contribution in [2.24, 2.45) is 0 Å². The number of aryl methyl sites for hydroxylation is 1. The van der Waals surface area contributed by atoms with Crippen LogP contribution in [-0.2, 0) is 19.4 Å². The van der Waals surface area contributed by atoms with Gasteiger partial charge in [-0.2, -0.15) is 0 Å². The van der Waals surface area contributed by atoms with Crippen molar-refractivity contribution in [3.63, 3.8) is 0 Å². The van der Waals surface area contributed by atoms with Crippen molar-refractivity contribution >= 4 is 5.97 Å². The zero-order chi connectivity index (χ0) is 10.1. The summed E-state index contributed by atoms with van der Waals surface area (Å²) in [6, 6.07) is 1.84. The van der Waals surface area contributed by atoms with Gasteiger partial charge in [0, 0.05) is 17.9 Å². The molecule has 1 aliphatic heterocycles. The Bertz CT molecular complexity index is 366. The van der Waals surface area contributed by atoms with E-state index in [4.69, 9.17) is 5.11 Å². The van der Waals surface area contributed by atoms with Gasteiger partial charge in [-0.3, -0.25) is 0 Å². The van der Waals surface area contributed by atoms with Crippen LogP contribution >= 0.6 is 0 Å². The zero-order valence-corrected chi connectivity index (χ0v) is 8.42. The van der Waals surface area contributed by atoms with Gasteiger partial charge < -0.3 is 9.67 Å². The van der Waals surface area contributed by atoms with Crippen molar-refractivity contribution in [3.8, 4) is 0 Å². The highest BCUT2D eigenvalue weighted by Gasteiger charge is 2.20. The molecule has 2 rings (SSSR count). The first-order valence-electron chi connectivity index (χ1n) is 5.18. The molecule has 3 heteroatoms. The number of aromatic nitrogens is 1. The van der Waals surface area contributed by atoms with Crippen molar-refractivity contribution in [1.82, 2.24) is 4.57 Å². The van der Waals surface area contributed by atoms with Gasteiger partial charge in [-0.1, -0.05) is 6.92 Å². The number of carbonyl (C=O) groups is 1. The maximum atomic E-state index is 11.0. The fraction of sp³-hybridized carbons (Fsp3) is 0.545. The minimum absolute atomic E-state index is 0.515. The first-order valence-corrected chi connectivity index (χ1v) is 5.18. The summed E-state index contributed by atoms with van der Waals surface area (Å²) in [6.07, 6.45) is 4.13. The van der Waals surface area contributed by atoms with E-state index in [-0.39, 0.29) is 0 Å². The Hall–Kier alpha value is -1.25. The quantitative estimate of drug-likeness (QED) is 0.781. The van der Waals surface area contributed by atoms with Gasteiger partial charge in [0.25, 0.3) is 0 Å². The molecule has 0 unspecified atom stereocenters. The molecule has 0 atom stereocenters. The van der Waals surface area contributed by atoms with Gasteiger partial charge >= 0.3 is 5.97 Å². The molecule has 0 amide bonds. The van der Waals surface area contributed by atoms with E-state index >= 15 is 0 Å². The lowest BCUT2D eigenvalue weighted by atomic mass is 10.1. The van der Waals surface area contributed by atoms with Crippen LogP contribution in [0, 0.1) is 0 Å². The van der Waals surface area contributed by atoms with Crippen LogP contribution in [0.3, 0.4) is 0 Å². The van der Waals surface area contributed by atoms with Crippen LogP contribution in [-0.4, -0.2) is 15.6 Å². The second-order valence-electron chi connectivity index (χ2n) is 3.76. The molecule has 3 nitrogen and oxygen atoms in total. The van der Waals surface area contributed by atoms with Gasteiger partial charge in [-0.05, 0) is 31.7 Å². The van der Waals surface area contributed by atoms with E-state index in [0.29, 0.717) is 5.56 Å². The number of aromatic carboxylic acids is 1. The molecule has 14 heavy (non-hydrogen) atoms. The molecule has 0 aliphatic carbocycles. The second kappa shape index (κ2) is 3.48. The topological polar surface area (TPSA) is 42.2 Å². The summed E-state index contributed by atoms with van der Waals surface area (Å²) in [7, 11) is 0. The molecule has 0 aromatic carbocycles. The zero-order valence-electron chi connectivity index (χ0n) is 8.42. The summed E-state index contributed by atoms with van der Waals surface area (Å²) in [4.78, 5) is 11.0. The van der Waals surface area contributed by atoms with Gasteiger partial charge in [-0.25, -0.2) is 4.79 Å². The molecule has 1 N–H and O–H groups in total. The Morgan fingerprint density at radius 1 is 1.57 bits per heavy atom. The number of hydrogen-bond acceptors (Lipinski definition) is 1. The standard InChI is InChI=1S/C11H15NO2/c1-2-8-7-9(11(13)14)10-5-3-4-6-12(8)10/h7H,2-6H2,1H3,(H,13,14). The Labute approximate surface area is 83.4 Å². The number of rotatable bonds is 2. The number of carboxylic acid groups (broad SMARTS) is 1. The van der Waals surface area contributed by atoms with Crippen molar-refractivity contribution in [2.75, 3.05) is 0 Å². The fourth-order valence-electron chi connectivity index (χ4n) is 2.24. The fourth-order valence-corrected chi connectivity index (χ4v) is 2.24. The summed E-state index contributed by atoms with van der Waals surface area (Å²) in [5.74, 6) is -0.782. The van der Waals surface area contributed by atoms with E-state index in [9.17, 15) is 4.79 Å². The number of fused-ring (bicyclic) bond motifs is 1. The lowest BCUT2D eigenvalue weighted by Crippen LogP contribution is -2.14. The van der Waals surface area contributed by atoms with Crippen LogP contribution in [0.2, 0.25) is 0 Å². The number of hydrogen-bond donors (Lipinski definition) is 1. The van der Waals surface area contributed by atoms with Crippen LogP contribution in [0.15, 0.2) is 6.07 Å². The minimum atomic E-state index is -0.782. The number of nitrogens with zero attached hydrogens (tertiary/aromatic N) is 1. The Balaban J connectivity index is 2.52. The highest BCUT2D eigenvalue weighted by atomic mass is 16.4. The lowest BCUT2D eigenvalue weighted by Gasteiger charge is -2.17. The molecule has 0 radical (unpaired) electrons. The summed E-state index contributed by atoms with van der Waals surface area (Å²) in [5.41, 5.74) is 2.71. The summed E-state index contributed by atoms with van der Waals surface area (Å²) >= 11 is 0. The normalized spacial score (nSPS) is 15.2. The van der Waals surface area contributed by atoms with Gasteiger partial charge in [-0.15, -0.1) is 0 Å². The third kappa shape index (κ3) is 1.33. The average molecular weight is 193 g/mol. The van der Waals surface area contributed by atoms with E-state index in [1.807, 2.05) is 6.07 Å². The highest BCUT2D eigenvalue weighted by Crippen LogP contribution is 2.23. The third-order valence-corrected chi connectivity index (χ3v) is 2.93. The van der Waals surface area contributed by atoms with Crippen LogP contribution in [0.5, 0.6) is 0 Å².